The number of nitrogens with one attached hydrogen (secondary N) is 1. The topological polar surface area (TPSA) is 30.5 Å². The molecule has 1 saturated carbocycles. The summed E-state index contributed by atoms with van der Waals surface area (Å²) in [5.74, 6) is -0.102. The van der Waals surface area contributed by atoms with Gasteiger partial charge < -0.3 is 14.8 Å². The van der Waals surface area contributed by atoms with E-state index < -0.39 is 0 Å². The van der Waals surface area contributed by atoms with Crippen molar-refractivity contribution in [1.29, 1.82) is 0 Å². The average Bonchev–Trinajstić information content (AvgIpc) is 3.15. The SMILES string of the molecule is COCC(CNC1CC1)Oc1cc(Br)ccc1F. The van der Waals surface area contributed by atoms with Gasteiger partial charge in [-0.05, 0) is 31.0 Å². The molecule has 0 amide bonds. The molecule has 1 aliphatic rings. The van der Waals surface area contributed by atoms with Crippen LogP contribution in [-0.4, -0.2) is 32.4 Å². The zero-order valence-corrected chi connectivity index (χ0v) is 11.9. The second kappa shape index (κ2) is 6.50. The van der Waals surface area contributed by atoms with Crippen LogP contribution < -0.4 is 10.1 Å². The predicted molar refractivity (Wildman–Crippen MR) is 71.4 cm³/mol. The zero-order chi connectivity index (χ0) is 13.0. The van der Waals surface area contributed by atoms with E-state index in [2.05, 4.69) is 21.2 Å². The highest BCUT2D eigenvalue weighted by atomic mass is 79.9. The minimum atomic E-state index is -0.356. The summed E-state index contributed by atoms with van der Waals surface area (Å²) in [5, 5.41) is 3.36. The van der Waals surface area contributed by atoms with E-state index in [1.54, 1.807) is 19.2 Å². The van der Waals surface area contributed by atoms with Gasteiger partial charge in [0.1, 0.15) is 6.10 Å². The van der Waals surface area contributed by atoms with Crippen LogP contribution in [0.2, 0.25) is 0 Å². The lowest BCUT2D eigenvalue weighted by molar-refractivity contribution is 0.0776. The van der Waals surface area contributed by atoms with Crippen molar-refractivity contribution in [3.05, 3.63) is 28.5 Å². The molecule has 1 N–H and O–H groups in total. The number of ether oxygens (including phenoxy) is 2. The molecule has 0 saturated heterocycles. The maximum absolute atomic E-state index is 13.6. The maximum atomic E-state index is 13.6. The van der Waals surface area contributed by atoms with Crippen molar-refractivity contribution in [2.24, 2.45) is 0 Å². The lowest BCUT2D eigenvalue weighted by atomic mass is 10.3. The van der Waals surface area contributed by atoms with E-state index in [1.165, 1.54) is 18.9 Å². The van der Waals surface area contributed by atoms with E-state index in [0.717, 1.165) is 4.47 Å². The van der Waals surface area contributed by atoms with Crippen LogP contribution in [0.15, 0.2) is 22.7 Å². The van der Waals surface area contributed by atoms with Crippen LogP contribution in [0.4, 0.5) is 4.39 Å². The molecular weight excluding hydrogens is 301 g/mol. The molecule has 3 nitrogen and oxygen atoms in total. The molecule has 0 radical (unpaired) electrons. The molecule has 1 fully saturated rings. The first-order chi connectivity index (χ1) is 8.69. The van der Waals surface area contributed by atoms with Crippen molar-refractivity contribution in [2.75, 3.05) is 20.3 Å². The second-order valence-electron chi connectivity index (χ2n) is 4.45. The molecule has 2 rings (SSSR count). The van der Waals surface area contributed by atoms with E-state index in [4.69, 9.17) is 9.47 Å². The highest BCUT2D eigenvalue weighted by Crippen LogP contribution is 2.24. The Balaban J connectivity index is 1.94. The number of rotatable bonds is 7. The number of hydrogen-bond acceptors (Lipinski definition) is 3. The first-order valence-corrected chi connectivity index (χ1v) is 6.82. The molecule has 1 unspecified atom stereocenters. The van der Waals surface area contributed by atoms with Crippen LogP contribution in [0.1, 0.15) is 12.8 Å². The van der Waals surface area contributed by atoms with Gasteiger partial charge in [0.15, 0.2) is 11.6 Å². The molecule has 18 heavy (non-hydrogen) atoms. The van der Waals surface area contributed by atoms with E-state index in [1.807, 2.05) is 0 Å². The monoisotopic (exact) mass is 317 g/mol. The summed E-state index contributed by atoms with van der Waals surface area (Å²) in [7, 11) is 1.62. The fraction of sp³-hybridized carbons (Fsp3) is 0.538. The molecule has 1 aliphatic carbocycles. The van der Waals surface area contributed by atoms with Crippen LogP contribution >= 0.6 is 15.9 Å². The van der Waals surface area contributed by atoms with Gasteiger partial charge in [-0.1, -0.05) is 15.9 Å². The summed E-state index contributed by atoms with van der Waals surface area (Å²) >= 11 is 3.30. The van der Waals surface area contributed by atoms with Crippen LogP contribution in [0, 0.1) is 5.82 Å². The Morgan fingerprint density at radius 2 is 2.28 bits per heavy atom. The Hall–Kier alpha value is -0.650. The summed E-state index contributed by atoms with van der Waals surface area (Å²) in [6.07, 6.45) is 2.25. The molecule has 0 aliphatic heterocycles. The standard InChI is InChI=1S/C13H17BrFNO2/c1-17-8-11(7-16-10-3-4-10)18-13-6-9(14)2-5-12(13)15/h2,5-6,10-11,16H,3-4,7-8H2,1H3. The van der Waals surface area contributed by atoms with E-state index in [9.17, 15) is 4.39 Å². The first-order valence-electron chi connectivity index (χ1n) is 6.03. The van der Waals surface area contributed by atoms with Crippen molar-refractivity contribution in [1.82, 2.24) is 5.32 Å². The Labute approximate surface area is 115 Å². The van der Waals surface area contributed by atoms with E-state index in [0.29, 0.717) is 19.2 Å². The Morgan fingerprint density at radius 3 is 2.94 bits per heavy atom. The number of hydrogen-bond donors (Lipinski definition) is 1. The van der Waals surface area contributed by atoms with Gasteiger partial charge in [-0.25, -0.2) is 4.39 Å². The van der Waals surface area contributed by atoms with Gasteiger partial charge >= 0.3 is 0 Å². The molecule has 0 spiro atoms. The van der Waals surface area contributed by atoms with Gasteiger partial charge in [-0.15, -0.1) is 0 Å². The average molecular weight is 318 g/mol. The lowest BCUT2D eigenvalue weighted by Crippen LogP contribution is -2.36. The minimum Gasteiger partial charge on any atom is -0.484 e. The highest BCUT2D eigenvalue weighted by molar-refractivity contribution is 9.10. The summed E-state index contributed by atoms with van der Waals surface area (Å²) in [6.45, 7) is 1.11. The summed E-state index contributed by atoms with van der Waals surface area (Å²) in [5.41, 5.74) is 0. The Kier molecular flexibility index (Phi) is 4.97. The fourth-order valence-corrected chi connectivity index (χ4v) is 1.99. The normalized spacial score (nSPS) is 16.6. The van der Waals surface area contributed by atoms with E-state index in [-0.39, 0.29) is 17.7 Å². The number of halogens is 2. The quantitative estimate of drug-likeness (QED) is 0.838. The second-order valence-corrected chi connectivity index (χ2v) is 5.37. The van der Waals surface area contributed by atoms with Crippen LogP contribution in [0.5, 0.6) is 5.75 Å². The Morgan fingerprint density at radius 1 is 1.50 bits per heavy atom. The highest BCUT2D eigenvalue weighted by Gasteiger charge is 2.23. The van der Waals surface area contributed by atoms with Gasteiger partial charge in [0.05, 0.1) is 6.61 Å². The third-order valence-electron chi connectivity index (χ3n) is 2.75. The van der Waals surface area contributed by atoms with Crippen LogP contribution in [0.25, 0.3) is 0 Å². The molecule has 0 heterocycles. The van der Waals surface area contributed by atoms with Gasteiger partial charge in [0.25, 0.3) is 0 Å². The molecule has 1 atom stereocenters. The molecule has 5 heteroatoms. The van der Waals surface area contributed by atoms with Gasteiger partial charge in [0, 0.05) is 24.2 Å². The minimum absolute atomic E-state index is 0.181. The van der Waals surface area contributed by atoms with Crippen molar-refractivity contribution in [3.63, 3.8) is 0 Å². The summed E-state index contributed by atoms with van der Waals surface area (Å²) < 4.78 is 25.1. The van der Waals surface area contributed by atoms with Gasteiger partial charge in [0.2, 0.25) is 0 Å². The third kappa shape index (κ3) is 4.23. The van der Waals surface area contributed by atoms with Crippen molar-refractivity contribution >= 4 is 15.9 Å². The van der Waals surface area contributed by atoms with Gasteiger partial charge in [-0.3, -0.25) is 0 Å². The molecular formula is C13H17BrFNO2. The lowest BCUT2D eigenvalue weighted by Gasteiger charge is -2.19. The fourth-order valence-electron chi connectivity index (χ4n) is 1.65. The van der Waals surface area contributed by atoms with Gasteiger partial charge in [-0.2, -0.15) is 0 Å². The van der Waals surface area contributed by atoms with Crippen LogP contribution in [-0.2, 0) is 4.74 Å². The predicted octanol–water partition coefficient (Wildman–Crippen LogP) is 2.73. The van der Waals surface area contributed by atoms with Crippen LogP contribution in [0.3, 0.4) is 0 Å². The smallest absolute Gasteiger partial charge is 0.165 e. The third-order valence-corrected chi connectivity index (χ3v) is 3.24. The van der Waals surface area contributed by atoms with Crippen molar-refractivity contribution in [2.45, 2.75) is 25.0 Å². The zero-order valence-electron chi connectivity index (χ0n) is 10.3. The van der Waals surface area contributed by atoms with E-state index >= 15 is 0 Å². The summed E-state index contributed by atoms with van der Waals surface area (Å²) in [4.78, 5) is 0. The molecule has 1 aromatic rings. The first kappa shape index (κ1) is 13.8. The number of methoxy groups -OCH3 is 1. The Bertz CT molecular complexity index is 399. The van der Waals surface area contributed by atoms with Crippen molar-refractivity contribution in [3.8, 4) is 5.75 Å². The molecule has 0 aromatic heterocycles. The molecule has 0 bridgehead atoms. The molecule has 1 aromatic carbocycles. The number of benzene rings is 1. The molecule has 100 valence electrons. The summed E-state index contributed by atoms with van der Waals surface area (Å²) in [6, 6.07) is 5.27. The van der Waals surface area contributed by atoms with Crippen molar-refractivity contribution < 1.29 is 13.9 Å². The largest absolute Gasteiger partial charge is 0.484 e. The maximum Gasteiger partial charge on any atom is 0.165 e.